The third kappa shape index (κ3) is 3.40. The van der Waals surface area contributed by atoms with E-state index in [9.17, 15) is 19.7 Å². The van der Waals surface area contributed by atoms with E-state index in [0.717, 1.165) is 0 Å². The van der Waals surface area contributed by atoms with E-state index in [1.165, 1.54) is 59.9 Å². The molecule has 28 heavy (non-hydrogen) atoms. The zero-order valence-electron chi connectivity index (χ0n) is 14.2. The SMILES string of the molecule is O=C(Oc1ccc2c(c1)O/C(=C/c1ccc([N+](=O)[O-])cc1)C2=O)c1cccs1. The van der Waals surface area contributed by atoms with E-state index in [4.69, 9.17) is 9.47 Å². The Morgan fingerprint density at radius 2 is 1.93 bits per heavy atom. The van der Waals surface area contributed by atoms with Crippen LogP contribution in [0.5, 0.6) is 11.5 Å². The number of carbonyl (C=O) groups is 2. The van der Waals surface area contributed by atoms with Crippen LogP contribution in [0.15, 0.2) is 65.7 Å². The Kier molecular flexibility index (Phi) is 4.46. The van der Waals surface area contributed by atoms with Gasteiger partial charge in [0.05, 0.1) is 10.5 Å². The number of benzene rings is 2. The smallest absolute Gasteiger partial charge is 0.353 e. The first-order valence-electron chi connectivity index (χ1n) is 8.10. The second kappa shape index (κ2) is 7.09. The Morgan fingerprint density at radius 1 is 1.14 bits per heavy atom. The molecule has 2 heterocycles. The molecule has 1 aromatic heterocycles. The van der Waals surface area contributed by atoms with Crippen LogP contribution in [0.3, 0.4) is 0 Å². The molecule has 7 nitrogen and oxygen atoms in total. The molecule has 1 aliphatic heterocycles. The number of non-ortho nitro benzene ring substituents is 1. The largest absolute Gasteiger partial charge is 0.452 e. The number of thiophene rings is 1. The maximum absolute atomic E-state index is 12.5. The van der Waals surface area contributed by atoms with E-state index in [0.29, 0.717) is 16.0 Å². The molecule has 1 aliphatic rings. The fourth-order valence-electron chi connectivity index (χ4n) is 2.63. The number of esters is 1. The quantitative estimate of drug-likeness (QED) is 0.213. The fraction of sp³-hybridized carbons (Fsp3) is 0. The number of ether oxygens (including phenoxy) is 2. The summed E-state index contributed by atoms with van der Waals surface area (Å²) in [6.07, 6.45) is 1.50. The molecule has 0 atom stereocenters. The van der Waals surface area contributed by atoms with Crippen molar-refractivity contribution in [3.8, 4) is 11.5 Å². The zero-order valence-corrected chi connectivity index (χ0v) is 15.0. The van der Waals surface area contributed by atoms with Crippen LogP contribution >= 0.6 is 11.3 Å². The summed E-state index contributed by atoms with van der Waals surface area (Å²) in [6, 6.07) is 13.7. The van der Waals surface area contributed by atoms with Crippen molar-refractivity contribution in [3.05, 3.63) is 91.9 Å². The molecule has 2 aromatic carbocycles. The number of nitro groups is 1. The molecule has 0 aliphatic carbocycles. The van der Waals surface area contributed by atoms with E-state index in [1.54, 1.807) is 17.5 Å². The van der Waals surface area contributed by atoms with E-state index in [-0.39, 0.29) is 28.7 Å². The van der Waals surface area contributed by atoms with Gasteiger partial charge in [-0.05, 0) is 47.4 Å². The van der Waals surface area contributed by atoms with Gasteiger partial charge in [-0.25, -0.2) is 4.79 Å². The number of nitrogens with zero attached hydrogens (tertiary/aromatic N) is 1. The number of hydrogen-bond donors (Lipinski definition) is 0. The molecule has 3 aromatic rings. The molecule has 0 amide bonds. The van der Waals surface area contributed by atoms with Gasteiger partial charge in [-0.2, -0.15) is 0 Å². The summed E-state index contributed by atoms with van der Waals surface area (Å²) in [5.74, 6) is -0.160. The molecule has 0 N–H and O–H groups in total. The third-order valence-corrected chi connectivity index (χ3v) is 4.83. The number of carbonyl (C=O) groups excluding carboxylic acids is 2. The first-order chi connectivity index (χ1) is 13.5. The van der Waals surface area contributed by atoms with E-state index in [1.807, 2.05) is 0 Å². The van der Waals surface area contributed by atoms with Crippen molar-refractivity contribution in [1.29, 1.82) is 0 Å². The van der Waals surface area contributed by atoms with Crippen molar-refractivity contribution in [3.63, 3.8) is 0 Å². The minimum atomic E-state index is -0.497. The molecule has 0 saturated heterocycles. The lowest BCUT2D eigenvalue weighted by atomic mass is 10.1. The van der Waals surface area contributed by atoms with Crippen LogP contribution in [0.2, 0.25) is 0 Å². The summed E-state index contributed by atoms with van der Waals surface area (Å²) in [5.41, 5.74) is 0.900. The van der Waals surface area contributed by atoms with Crippen molar-refractivity contribution < 1.29 is 24.0 Å². The highest BCUT2D eigenvalue weighted by molar-refractivity contribution is 7.12. The molecular formula is C20H11NO6S. The minimum absolute atomic E-state index is 0.0405. The summed E-state index contributed by atoms with van der Waals surface area (Å²) in [7, 11) is 0. The maximum atomic E-state index is 12.5. The highest BCUT2D eigenvalue weighted by Gasteiger charge is 2.28. The van der Waals surface area contributed by atoms with Gasteiger partial charge in [-0.1, -0.05) is 6.07 Å². The summed E-state index contributed by atoms with van der Waals surface area (Å²) < 4.78 is 10.9. The number of nitro benzene ring substituents is 1. The van der Waals surface area contributed by atoms with Crippen molar-refractivity contribution >= 4 is 34.9 Å². The first kappa shape index (κ1) is 17.6. The minimum Gasteiger partial charge on any atom is -0.452 e. The van der Waals surface area contributed by atoms with Gasteiger partial charge in [-0.3, -0.25) is 14.9 Å². The topological polar surface area (TPSA) is 95.7 Å². The predicted octanol–water partition coefficient (Wildman–Crippen LogP) is 4.49. The van der Waals surface area contributed by atoms with E-state index in [2.05, 4.69) is 0 Å². The Morgan fingerprint density at radius 3 is 2.61 bits per heavy atom. The number of rotatable bonds is 4. The highest BCUT2D eigenvalue weighted by atomic mass is 32.1. The molecular weight excluding hydrogens is 382 g/mol. The van der Waals surface area contributed by atoms with Crippen molar-refractivity contribution in [2.24, 2.45) is 0 Å². The average Bonchev–Trinajstić information content (AvgIpc) is 3.31. The van der Waals surface area contributed by atoms with Gasteiger partial charge < -0.3 is 9.47 Å². The molecule has 4 rings (SSSR count). The summed E-state index contributed by atoms with van der Waals surface area (Å²) >= 11 is 1.27. The van der Waals surface area contributed by atoms with Crippen LogP contribution in [0.1, 0.15) is 25.6 Å². The van der Waals surface area contributed by atoms with Crippen molar-refractivity contribution in [2.75, 3.05) is 0 Å². The van der Waals surface area contributed by atoms with Crippen LogP contribution in [0, 0.1) is 10.1 Å². The third-order valence-electron chi connectivity index (χ3n) is 3.98. The lowest BCUT2D eigenvalue weighted by Gasteiger charge is -2.04. The number of allylic oxidation sites excluding steroid dienone is 1. The summed E-state index contributed by atoms with van der Waals surface area (Å²) in [6.45, 7) is 0. The maximum Gasteiger partial charge on any atom is 0.353 e. The van der Waals surface area contributed by atoms with Crippen LogP contribution in [-0.4, -0.2) is 16.7 Å². The molecule has 0 bridgehead atoms. The molecule has 138 valence electrons. The van der Waals surface area contributed by atoms with Gasteiger partial charge in [0.25, 0.3) is 5.69 Å². The van der Waals surface area contributed by atoms with Gasteiger partial charge in [0, 0.05) is 18.2 Å². The predicted molar refractivity (Wildman–Crippen MR) is 102 cm³/mol. The van der Waals surface area contributed by atoms with Crippen LogP contribution in [0.25, 0.3) is 6.08 Å². The van der Waals surface area contributed by atoms with Gasteiger partial charge in [0.1, 0.15) is 16.4 Å². The normalized spacial score (nSPS) is 13.9. The van der Waals surface area contributed by atoms with Crippen molar-refractivity contribution in [2.45, 2.75) is 0 Å². The van der Waals surface area contributed by atoms with Gasteiger partial charge >= 0.3 is 5.97 Å². The Bertz CT molecular complexity index is 1120. The summed E-state index contributed by atoms with van der Waals surface area (Å²) in [4.78, 5) is 35.2. The molecule has 0 fully saturated rings. The second-order valence-electron chi connectivity index (χ2n) is 5.81. The van der Waals surface area contributed by atoms with Crippen LogP contribution in [-0.2, 0) is 0 Å². The monoisotopic (exact) mass is 393 g/mol. The molecule has 0 saturated carbocycles. The van der Waals surface area contributed by atoms with Crippen LogP contribution < -0.4 is 9.47 Å². The standard InChI is InChI=1S/C20H11NO6S/c22-19-15-8-7-14(26-20(23)18-2-1-9-28-18)11-16(15)27-17(19)10-12-3-5-13(6-4-12)21(24)25/h1-11H/b17-10+. The Hall–Kier alpha value is -3.78. The number of ketones is 1. The second-order valence-corrected chi connectivity index (χ2v) is 6.76. The molecule has 8 heteroatoms. The lowest BCUT2D eigenvalue weighted by molar-refractivity contribution is -0.384. The van der Waals surface area contributed by atoms with Gasteiger partial charge in [-0.15, -0.1) is 11.3 Å². The molecule has 0 spiro atoms. The van der Waals surface area contributed by atoms with Gasteiger partial charge in [0.15, 0.2) is 5.76 Å². The number of Topliss-reactive ketones (excluding diaryl/α,β-unsaturated/α-hetero) is 1. The van der Waals surface area contributed by atoms with Gasteiger partial charge in [0.2, 0.25) is 5.78 Å². The Balaban J connectivity index is 1.54. The first-order valence-corrected chi connectivity index (χ1v) is 8.98. The fourth-order valence-corrected chi connectivity index (χ4v) is 3.23. The van der Waals surface area contributed by atoms with Crippen molar-refractivity contribution in [1.82, 2.24) is 0 Å². The Labute approximate surface area is 162 Å². The average molecular weight is 393 g/mol. The number of hydrogen-bond acceptors (Lipinski definition) is 7. The molecule has 0 unspecified atom stereocenters. The lowest BCUT2D eigenvalue weighted by Crippen LogP contribution is -2.06. The van der Waals surface area contributed by atoms with E-state index >= 15 is 0 Å². The molecule has 0 radical (unpaired) electrons. The van der Waals surface area contributed by atoms with Crippen LogP contribution in [0.4, 0.5) is 5.69 Å². The van der Waals surface area contributed by atoms with E-state index < -0.39 is 10.9 Å². The summed E-state index contributed by atoms with van der Waals surface area (Å²) in [5, 5.41) is 12.5. The highest BCUT2D eigenvalue weighted by Crippen LogP contribution is 2.35. The zero-order chi connectivity index (χ0) is 19.7. The number of fused-ring (bicyclic) bond motifs is 1.